The maximum atomic E-state index is 4.28. The number of aromatic nitrogens is 2. The van der Waals surface area contributed by atoms with Gasteiger partial charge in [-0.2, -0.15) is 0 Å². The van der Waals surface area contributed by atoms with Crippen LogP contribution in [0.25, 0.3) is 11.3 Å². The molecular formula is C12H11BrN2. The van der Waals surface area contributed by atoms with Crippen molar-refractivity contribution in [3.63, 3.8) is 0 Å². The number of aryl methyl sites for hydroxylation is 2. The van der Waals surface area contributed by atoms with Crippen molar-refractivity contribution in [1.82, 2.24) is 9.97 Å². The Balaban J connectivity index is 2.60. The van der Waals surface area contributed by atoms with Crippen LogP contribution in [0.1, 0.15) is 11.1 Å². The Morgan fingerprint density at radius 1 is 1.20 bits per heavy atom. The molecule has 0 unspecified atom stereocenters. The fraction of sp³-hybridized carbons (Fsp3) is 0.167. The lowest BCUT2D eigenvalue weighted by atomic mass is 10.0. The van der Waals surface area contributed by atoms with Crippen LogP contribution in [-0.4, -0.2) is 9.97 Å². The van der Waals surface area contributed by atoms with Crippen molar-refractivity contribution in [2.24, 2.45) is 0 Å². The summed E-state index contributed by atoms with van der Waals surface area (Å²) in [7, 11) is 0. The van der Waals surface area contributed by atoms with Crippen LogP contribution in [0, 0.1) is 13.8 Å². The molecule has 0 aliphatic heterocycles. The molecule has 0 aliphatic rings. The van der Waals surface area contributed by atoms with Crippen LogP contribution in [0.5, 0.6) is 0 Å². The summed E-state index contributed by atoms with van der Waals surface area (Å²) in [6.07, 6.45) is 3.33. The fourth-order valence-electron chi connectivity index (χ4n) is 1.59. The Bertz CT molecular complexity index is 495. The third-order valence-corrected chi connectivity index (χ3v) is 2.88. The summed E-state index contributed by atoms with van der Waals surface area (Å²) in [5, 5.41) is 0. The van der Waals surface area contributed by atoms with E-state index in [2.05, 4.69) is 57.9 Å². The van der Waals surface area contributed by atoms with Gasteiger partial charge in [-0.3, -0.25) is 0 Å². The standard InChI is InChI=1S/C12H11BrN2/c1-8-3-4-10(9(2)5-8)12-11(13)6-14-7-15-12/h3-7H,1-2H3. The Labute approximate surface area is 97.5 Å². The Morgan fingerprint density at radius 3 is 2.67 bits per heavy atom. The molecule has 0 atom stereocenters. The summed E-state index contributed by atoms with van der Waals surface area (Å²) in [4.78, 5) is 8.24. The second-order valence-electron chi connectivity index (χ2n) is 3.54. The van der Waals surface area contributed by atoms with Crippen molar-refractivity contribution >= 4 is 15.9 Å². The number of benzene rings is 1. The highest BCUT2D eigenvalue weighted by Gasteiger charge is 2.06. The van der Waals surface area contributed by atoms with Gasteiger partial charge in [0.15, 0.2) is 0 Å². The maximum absolute atomic E-state index is 4.28. The van der Waals surface area contributed by atoms with E-state index < -0.39 is 0 Å². The average molecular weight is 263 g/mol. The Kier molecular flexibility index (Phi) is 2.82. The van der Waals surface area contributed by atoms with Crippen LogP contribution in [-0.2, 0) is 0 Å². The van der Waals surface area contributed by atoms with E-state index in [1.807, 2.05) is 0 Å². The molecule has 0 bridgehead atoms. The Morgan fingerprint density at radius 2 is 2.00 bits per heavy atom. The monoisotopic (exact) mass is 262 g/mol. The molecule has 2 aromatic rings. The highest BCUT2D eigenvalue weighted by molar-refractivity contribution is 9.10. The first-order chi connectivity index (χ1) is 7.18. The van der Waals surface area contributed by atoms with Gasteiger partial charge in [-0.05, 0) is 35.3 Å². The minimum absolute atomic E-state index is 0.928. The molecule has 2 nitrogen and oxygen atoms in total. The van der Waals surface area contributed by atoms with Gasteiger partial charge >= 0.3 is 0 Å². The summed E-state index contributed by atoms with van der Waals surface area (Å²) in [6.45, 7) is 4.18. The number of hydrogen-bond donors (Lipinski definition) is 0. The largest absolute Gasteiger partial charge is 0.244 e. The average Bonchev–Trinajstić information content (AvgIpc) is 2.20. The van der Waals surface area contributed by atoms with Gasteiger partial charge in [0.1, 0.15) is 6.33 Å². The van der Waals surface area contributed by atoms with Crippen LogP contribution in [0.2, 0.25) is 0 Å². The number of halogens is 1. The van der Waals surface area contributed by atoms with E-state index in [4.69, 9.17) is 0 Å². The normalized spacial score (nSPS) is 10.3. The fourth-order valence-corrected chi connectivity index (χ4v) is 2.02. The zero-order valence-electron chi connectivity index (χ0n) is 8.66. The zero-order chi connectivity index (χ0) is 10.8. The van der Waals surface area contributed by atoms with E-state index in [0.717, 1.165) is 15.7 Å². The third-order valence-electron chi connectivity index (χ3n) is 2.30. The number of hydrogen-bond acceptors (Lipinski definition) is 2. The van der Waals surface area contributed by atoms with Crippen molar-refractivity contribution in [2.75, 3.05) is 0 Å². The summed E-state index contributed by atoms with van der Waals surface area (Å²) in [5.41, 5.74) is 4.59. The molecular weight excluding hydrogens is 252 g/mol. The van der Waals surface area contributed by atoms with Gasteiger partial charge < -0.3 is 0 Å². The third kappa shape index (κ3) is 2.07. The van der Waals surface area contributed by atoms with Crippen LogP contribution < -0.4 is 0 Å². The summed E-state index contributed by atoms with van der Waals surface area (Å²) in [6, 6.07) is 6.35. The van der Waals surface area contributed by atoms with Crippen LogP contribution in [0.3, 0.4) is 0 Å². The first-order valence-electron chi connectivity index (χ1n) is 4.71. The lowest BCUT2D eigenvalue weighted by Crippen LogP contribution is -1.90. The van der Waals surface area contributed by atoms with Gasteiger partial charge in [0.25, 0.3) is 0 Å². The maximum Gasteiger partial charge on any atom is 0.116 e. The SMILES string of the molecule is Cc1ccc(-c2ncncc2Br)c(C)c1. The zero-order valence-corrected chi connectivity index (χ0v) is 10.2. The topological polar surface area (TPSA) is 25.8 Å². The molecule has 0 saturated carbocycles. The number of nitrogens with zero attached hydrogens (tertiary/aromatic N) is 2. The molecule has 3 heteroatoms. The van der Waals surface area contributed by atoms with Crippen molar-refractivity contribution in [3.05, 3.63) is 46.3 Å². The first kappa shape index (κ1) is 10.3. The van der Waals surface area contributed by atoms with Crippen molar-refractivity contribution < 1.29 is 0 Å². The van der Waals surface area contributed by atoms with Gasteiger partial charge in [0.2, 0.25) is 0 Å². The molecule has 0 spiro atoms. The second kappa shape index (κ2) is 4.11. The number of rotatable bonds is 1. The van der Waals surface area contributed by atoms with Gasteiger partial charge in [-0.25, -0.2) is 9.97 Å². The van der Waals surface area contributed by atoms with E-state index in [1.54, 1.807) is 12.5 Å². The molecule has 15 heavy (non-hydrogen) atoms. The van der Waals surface area contributed by atoms with Crippen molar-refractivity contribution in [2.45, 2.75) is 13.8 Å². The summed E-state index contributed by atoms with van der Waals surface area (Å²) >= 11 is 3.46. The molecule has 0 amide bonds. The molecule has 76 valence electrons. The highest BCUT2D eigenvalue weighted by atomic mass is 79.9. The van der Waals surface area contributed by atoms with E-state index in [0.29, 0.717) is 0 Å². The van der Waals surface area contributed by atoms with Crippen LogP contribution in [0.4, 0.5) is 0 Å². The molecule has 0 saturated heterocycles. The molecule has 0 fully saturated rings. The minimum Gasteiger partial charge on any atom is -0.244 e. The molecule has 1 aromatic heterocycles. The van der Waals surface area contributed by atoms with Crippen molar-refractivity contribution in [1.29, 1.82) is 0 Å². The highest BCUT2D eigenvalue weighted by Crippen LogP contribution is 2.27. The van der Waals surface area contributed by atoms with E-state index in [1.165, 1.54) is 11.1 Å². The van der Waals surface area contributed by atoms with E-state index in [9.17, 15) is 0 Å². The lowest BCUT2D eigenvalue weighted by Gasteiger charge is -2.07. The van der Waals surface area contributed by atoms with E-state index >= 15 is 0 Å². The first-order valence-corrected chi connectivity index (χ1v) is 5.51. The van der Waals surface area contributed by atoms with Crippen LogP contribution >= 0.6 is 15.9 Å². The van der Waals surface area contributed by atoms with Gasteiger partial charge in [0.05, 0.1) is 10.2 Å². The van der Waals surface area contributed by atoms with Crippen molar-refractivity contribution in [3.8, 4) is 11.3 Å². The van der Waals surface area contributed by atoms with E-state index in [-0.39, 0.29) is 0 Å². The van der Waals surface area contributed by atoms with Crippen LogP contribution in [0.15, 0.2) is 35.2 Å². The minimum atomic E-state index is 0.928. The summed E-state index contributed by atoms with van der Waals surface area (Å²) in [5.74, 6) is 0. The summed E-state index contributed by atoms with van der Waals surface area (Å²) < 4.78 is 0.928. The molecule has 0 N–H and O–H groups in total. The van der Waals surface area contributed by atoms with Gasteiger partial charge in [0, 0.05) is 11.8 Å². The molecule has 1 aromatic carbocycles. The predicted octanol–water partition coefficient (Wildman–Crippen LogP) is 3.52. The molecule has 0 radical (unpaired) electrons. The molecule has 0 aliphatic carbocycles. The Hall–Kier alpha value is -1.22. The van der Waals surface area contributed by atoms with Gasteiger partial charge in [-0.1, -0.05) is 23.8 Å². The van der Waals surface area contributed by atoms with Gasteiger partial charge in [-0.15, -0.1) is 0 Å². The second-order valence-corrected chi connectivity index (χ2v) is 4.39. The molecule has 2 rings (SSSR count). The lowest BCUT2D eigenvalue weighted by molar-refractivity contribution is 1.15. The quantitative estimate of drug-likeness (QED) is 0.786. The molecule has 1 heterocycles. The smallest absolute Gasteiger partial charge is 0.116 e. The predicted molar refractivity (Wildman–Crippen MR) is 64.6 cm³/mol.